The van der Waals surface area contributed by atoms with E-state index in [4.69, 9.17) is 4.42 Å². The molecule has 1 atom stereocenters. The maximum Gasteiger partial charge on any atom is 0.236 e. The maximum absolute atomic E-state index is 5.55. The summed E-state index contributed by atoms with van der Waals surface area (Å²) in [4.78, 5) is 12.3. The molecular formula is C19H31N5OS. The fraction of sp³-hybridized carbons (Fsp3) is 0.579. The van der Waals surface area contributed by atoms with Gasteiger partial charge in [0.25, 0.3) is 0 Å². The van der Waals surface area contributed by atoms with E-state index in [1.807, 2.05) is 17.5 Å². The summed E-state index contributed by atoms with van der Waals surface area (Å²) in [6.45, 7) is 10.6. The van der Waals surface area contributed by atoms with Crippen LogP contribution in [0, 0.1) is 0 Å². The Morgan fingerprint density at radius 1 is 1.38 bits per heavy atom. The number of aromatic nitrogens is 1. The molecule has 0 bridgehead atoms. The van der Waals surface area contributed by atoms with Crippen molar-refractivity contribution in [2.75, 3.05) is 26.7 Å². The molecule has 1 unspecified atom stereocenters. The highest BCUT2D eigenvalue weighted by Gasteiger charge is 2.10. The first-order valence-electron chi connectivity index (χ1n) is 9.34. The lowest BCUT2D eigenvalue weighted by atomic mass is 10.2. The second-order valence-electron chi connectivity index (χ2n) is 6.26. The van der Waals surface area contributed by atoms with Crippen molar-refractivity contribution in [3.05, 3.63) is 29.5 Å². The Labute approximate surface area is 160 Å². The molecule has 0 aliphatic heterocycles. The minimum absolute atomic E-state index is 0.371. The molecule has 0 aliphatic rings. The van der Waals surface area contributed by atoms with E-state index in [2.05, 4.69) is 46.3 Å². The average Bonchev–Trinajstić information content (AvgIpc) is 3.33. The van der Waals surface area contributed by atoms with Crippen molar-refractivity contribution >= 4 is 17.3 Å². The molecule has 0 spiro atoms. The zero-order valence-corrected chi connectivity index (χ0v) is 17.1. The Bertz CT molecular complexity index is 649. The number of aliphatic imine (C=N–C) groups is 1. The highest BCUT2D eigenvalue weighted by molar-refractivity contribution is 7.13. The molecule has 0 aromatic carbocycles. The minimum atomic E-state index is 0.371. The van der Waals surface area contributed by atoms with Crippen LogP contribution in [0.3, 0.4) is 0 Å². The normalized spacial score (nSPS) is 13.2. The third-order valence-electron chi connectivity index (χ3n) is 4.33. The fourth-order valence-electron chi connectivity index (χ4n) is 2.74. The molecule has 26 heavy (non-hydrogen) atoms. The molecule has 0 amide bonds. The predicted molar refractivity (Wildman–Crippen MR) is 110 cm³/mol. The van der Waals surface area contributed by atoms with Gasteiger partial charge in [0.1, 0.15) is 6.26 Å². The van der Waals surface area contributed by atoms with Crippen LogP contribution in [0.1, 0.15) is 39.3 Å². The molecule has 2 N–H and O–H groups in total. The van der Waals surface area contributed by atoms with Crippen LogP contribution in [-0.4, -0.2) is 48.6 Å². The number of hydrogen-bond donors (Lipinski definition) is 2. The Hall–Kier alpha value is -1.86. The molecule has 0 saturated heterocycles. The number of thiophene rings is 1. The number of oxazole rings is 1. The van der Waals surface area contributed by atoms with Gasteiger partial charge in [-0.3, -0.25) is 4.99 Å². The van der Waals surface area contributed by atoms with E-state index < -0.39 is 0 Å². The summed E-state index contributed by atoms with van der Waals surface area (Å²) in [5, 5.41) is 8.77. The summed E-state index contributed by atoms with van der Waals surface area (Å²) in [6.07, 6.45) is 3.99. The van der Waals surface area contributed by atoms with Crippen molar-refractivity contribution < 1.29 is 4.42 Å². The molecule has 2 heterocycles. The van der Waals surface area contributed by atoms with E-state index in [1.165, 1.54) is 6.42 Å². The standard InChI is InChI=1S/C19H31N5OS/c1-5-24(6-2)11-7-9-15(3)22-19(20-4)21-13-16-14-25-18(23-16)17-10-8-12-26-17/h8,10,12,14-15H,5-7,9,11,13H2,1-4H3,(H2,20,21,22). The van der Waals surface area contributed by atoms with Crippen LogP contribution >= 0.6 is 11.3 Å². The third kappa shape index (κ3) is 6.46. The molecule has 144 valence electrons. The zero-order chi connectivity index (χ0) is 18.8. The summed E-state index contributed by atoms with van der Waals surface area (Å²) in [5.41, 5.74) is 0.866. The molecule has 2 aromatic rings. The second kappa shape index (κ2) is 11.0. The number of nitrogens with one attached hydrogen (secondary N) is 2. The van der Waals surface area contributed by atoms with Crippen molar-refractivity contribution in [3.8, 4) is 10.8 Å². The molecule has 0 saturated carbocycles. The molecule has 0 radical (unpaired) electrons. The Balaban J connectivity index is 1.73. The molecule has 0 aliphatic carbocycles. The smallest absolute Gasteiger partial charge is 0.236 e. The summed E-state index contributed by atoms with van der Waals surface area (Å²) < 4.78 is 5.55. The summed E-state index contributed by atoms with van der Waals surface area (Å²) >= 11 is 1.62. The minimum Gasteiger partial charge on any atom is -0.443 e. The first kappa shape index (κ1) is 20.5. The maximum atomic E-state index is 5.55. The lowest BCUT2D eigenvalue weighted by Gasteiger charge is -2.21. The Kier molecular flexibility index (Phi) is 8.64. The van der Waals surface area contributed by atoms with Gasteiger partial charge in [-0.05, 0) is 50.8 Å². The lowest BCUT2D eigenvalue weighted by molar-refractivity contribution is 0.292. The van der Waals surface area contributed by atoms with Gasteiger partial charge in [-0.2, -0.15) is 0 Å². The highest BCUT2D eigenvalue weighted by atomic mass is 32.1. The van der Waals surface area contributed by atoms with Crippen molar-refractivity contribution in [1.29, 1.82) is 0 Å². The number of nitrogens with zero attached hydrogens (tertiary/aromatic N) is 3. The number of rotatable bonds is 10. The monoisotopic (exact) mass is 377 g/mol. The SMILES string of the molecule is CCN(CC)CCCC(C)NC(=NC)NCc1coc(-c2cccs2)n1. The topological polar surface area (TPSA) is 65.7 Å². The molecule has 6 nitrogen and oxygen atoms in total. The van der Waals surface area contributed by atoms with Gasteiger partial charge in [-0.25, -0.2) is 4.98 Å². The van der Waals surface area contributed by atoms with E-state index in [0.29, 0.717) is 18.5 Å². The molecule has 2 rings (SSSR count). The zero-order valence-electron chi connectivity index (χ0n) is 16.3. The van der Waals surface area contributed by atoms with Gasteiger partial charge in [0, 0.05) is 13.1 Å². The Morgan fingerprint density at radius 3 is 2.85 bits per heavy atom. The first-order valence-corrected chi connectivity index (χ1v) is 10.2. The molecule has 0 fully saturated rings. The van der Waals surface area contributed by atoms with E-state index in [-0.39, 0.29) is 0 Å². The quantitative estimate of drug-likeness (QED) is 0.489. The van der Waals surface area contributed by atoms with Crippen LogP contribution < -0.4 is 10.6 Å². The average molecular weight is 378 g/mol. The fourth-order valence-corrected chi connectivity index (χ4v) is 3.39. The van der Waals surface area contributed by atoms with E-state index in [0.717, 1.165) is 42.6 Å². The third-order valence-corrected chi connectivity index (χ3v) is 5.19. The van der Waals surface area contributed by atoms with Gasteiger partial charge < -0.3 is 20.0 Å². The van der Waals surface area contributed by atoms with Gasteiger partial charge >= 0.3 is 0 Å². The van der Waals surface area contributed by atoms with E-state index in [9.17, 15) is 0 Å². The summed E-state index contributed by atoms with van der Waals surface area (Å²) in [6, 6.07) is 4.37. The van der Waals surface area contributed by atoms with Crippen LogP contribution in [-0.2, 0) is 6.54 Å². The van der Waals surface area contributed by atoms with Crippen molar-refractivity contribution in [3.63, 3.8) is 0 Å². The van der Waals surface area contributed by atoms with Crippen molar-refractivity contribution in [2.45, 2.75) is 46.2 Å². The van der Waals surface area contributed by atoms with Crippen molar-refractivity contribution in [2.24, 2.45) is 4.99 Å². The van der Waals surface area contributed by atoms with Crippen LogP contribution in [0.2, 0.25) is 0 Å². The number of guanidine groups is 1. The van der Waals surface area contributed by atoms with Crippen molar-refractivity contribution in [1.82, 2.24) is 20.5 Å². The van der Waals surface area contributed by atoms with Gasteiger partial charge in [-0.15, -0.1) is 11.3 Å². The first-order chi connectivity index (χ1) is 12.7. The van der Waals surface area contributed by atoms with Crippen LogP contribution in [0.15, 0.2) is 33.2 Å². The second-order valence-corrected chi connectivity index (χ2v) is 7.21. The highest BCUT2D eigenvalue weighted by Crippen LogP contribution is 2.23. The summed E-state index contributed by atoms with van der Waals surface area (Å²) in [7, 11) is 1.79. The lowest BCUT2D eigenvalue weighted by Crippen LogP contribution is -2.42. The van der Waals surface area contributed by atoms with Gasteiger partial charge in [-0.1, -0.05) is 19.9 Å². The number of hydrogen-bond acceptors (Lipinski definition) is 5. The van der Waals surface area contributed by atoms with Crippen LogP contribution in [0.25, 0.3) is 10.8 Å². The van der Waals surface area contributed by atoms with E-state index in [1.54, 1.807) is 24.6 Å². The van der Waals surface area contributed by atoms with Crippen LogP contribution in [0.5, 0.6) is 0 Å². The van der Waals surface area contributed by atoms with Gasteiger partial charge in [0.15, 0.2) is 5.96 Å². The van der Waals surface area contributed by atoms with E-state index >= 15 is 0 Å². The largest absolute Gasteiger partial charge is 0.443 e. The molecule has 7 heteroatoms. The Morgan fingerprint density at radius 2 is 2.19 bits per heavy atom. The van der Waals surface area contributed by atoms with Crippen LogP contribution in [0.4, 0.5) is 0 Å². The molecular weight excluding hydrogens is 346 g/mol. The van der Waals surface area contributed by atoms with Gasteiger partial charge in [0.05, 0.1) is 17.1 Å². The molecule has 2 aromatic heterocycles. The predicted octanol–water partition coefficient (Wildman–Crippen LogP) is 3.58. The summed E-state index contributed by atoms with van der Waals surface area (Å²) in [5.74, 6) is 1.46. The van der Waals surface area contributed by atoms with Gasteiger partial charge in [0.2, 0.25) is 5.89 Å².